The maximum Gasteiger partial charge on any atom is 0.259 e. The Bertz CT molecular complexity index is 3040. The first-order valence-corrected chi connectivity index (χ1v) is 24.9. The molecule has 0 bridgehead atoms. The van der Waals surface area contributed by atoms with Crippen molar-refractivity contribution in [1.82, 2.24) is 16.0 Å². The summed E-state index contributed by atoms with van der Waals surface area (Å²) in [5.41, 5.74) is 7.67. The van der Waals surface area contributed by atoms with Gasteiger partial charge in [0, 0.05) is 86.2 Å². The Labute approximate surface area is 428 Å². The number of rotatable bonds is 20. The normalized spacial score (nSPS) is 17.0. The van der Waals surface area contributed by atoms with Crippen LogP contribution in [0.5, 0.6) is 23.0 Å². The second-order valence-corrected chi connectivity index (χ2v) is 19.0. The number of anilines is 2. The molecule has 4 aliphatic rings. The number of aliphatic hydroxyl groups excluding tert-OH is 1. The van der Waals surface area contributed by atoms with Gasteiger partial charge in [-0.25, -0.2) is 0 Å². The van der Waals surface area contributed by atoms with Gasteiger partial charge in [0.15, 0.2) is 34.6 Å². The van der Waals surface area contributed by atoms with Gasteiger partial charge in [-0.3, -0.25) is 33.6 Å². The molecule has 17 heteroatoms. The van der Waals surface area contributed by atoms with Crippen molar-refractivity contribution < 1.29 is 57.6 Å². The minimum Gasteiger partial charge on any atom is -0.493 e. The van der Waals surface area contributed by atoms with Gasteiger partial charge in [-0.15, -0.1) is 0 Å². The van der Waals surface area contributed by atoms with E-state index in [9.17, 15) is 38.7 Å². The molecule has 74 heavy (non-hydrogen) atoms. The molecule has 17 nitrogen and oxygen atoms in total. The molecule has 4 aliphatic heterocycles. The van der Waals surface area contributed by atoms with E-state index in [0.29, 0.717) is 63.7 Å². The summed E-state index contributed by atoms with van der Waals surface area (Å²) in [7, 11) is 4.49. The minimum atomic E-state index is -0.846. The van der Waals surface area contributed by atoms with Crippen LogP contribution in [-0.2, 0) is 58.1 Å². The van der Waals surface area contributed by atoms with Crippen LogP contribution < -0.4 is 44.7 Å². The summed E-state index contributed by atoms with van der Waals surface area (Å²) in [5, 5.41) is 19.0. The van der Waals surface area contributed by atoms with E-state index in [1.54, 1.807) is 35.2 Å². The molecule has 0 aliphatic carbocycles. The SMILES string of the molecule is CNC(=O)CCNC(=O)CCC(=O)CNC(=O)CCC(=O)c1cc(COc2cc3c(cc2OC)C(=O)N2c4ccccc4C[C@H]2CC3)cc(COc2cc3c(cc2OC)C(=O)N2c4ccccc4C[C@H]2C(O)C3)c1. The van der Waals surface area contributed by atoms with Crippen LogP contribution >= 0.6 is 0 Å². The Hall–Kier alpha value is -8.05. The summed E-state index contributed by atoms with van der Waals surface area (Å²) in [6, 6.07) is 27.3. The van der Waals surface area contributed by atoms with Crippen LogP contribution in [0.3, 0.4) is 0 Å². The number of para-hydroxylation sites is 2. The van der Waals surface area contributed by atoms with Crippen molar-refractivity contribution >= 4 is 52.5 Å². The van der Waals surface area contributed by atoms with E-state index in [2.05, 4.69) is 22.0 Å². The fraction of sp³-hybridized carbons (Fsp3) is 0.351. The molecule has 0 fully saturated rings. The van der Waals surface area contributed by atoms with Crippen LogP contribution in [0.2, 0.25) is 0 Å². The average molecular weight is 1010 g/mol. The Balaban J connectivity index is 0.913. The summed E-state index contributed by atoms with van der Waals surface area (Å²) in [6.45, 7) is -0.247. The lowest BCUT2D eigenvalue weighted by molar-refractivity contribution is -0.127. The number of carbonyl (C=O) groups is 7. The molecule has 0 spiro atoms. The summed E-state index contributed by atoms with van der Waals surface area (Å²) in [4.78, 5) is 94.7. The van der Waals surface area contributed by atoms with E-state index in [1.807, 2.05) is 59.5 Å². The third-order valence-electron chi connectivity index (χ3n) is 14.2. The predicted octanol–water partition coefficient (Wildman–Crippen LogP) is 5.55. The Morgan fingerprint density at radius 3 is 1.85 bits per heavy atom. The fourth-order valence-electron chi connectivity index (χ4n) is 10.4. The molecule has 5 aromatic carbocycles. The molecule has 0 saturated heterocycles. The quantitative estimate of drug-likeness (QED) is 0.0706. The zero-order chi connectivity index (χ0) is 52.0. The number of benzene rings is 5. The maximum absolute atomic E-state index is 14.2. The average Bonchev–Trinajstić information content (AvgIpc) is 3.93. The molecule has 4 heterocycles. The number of amides is 5. The van der Waals surface area contributed by atoms with Crippen LogP contribution in [-0.4, -0.2) is 98.8 Å². The number of methoxy groups -OCH3 is 2. The highest BCUT2D eigenvalue weighted by Crippen LogP contribution is 2.43. The molecule has 1 unspecified atom stereocenters. The summed E-state index contributed by atoms with van der Waals surface area (Å²) >= 11 is 0. The molecule has 0 saturated carbocycles. The van der Waals surface area contributed by atoms with E-state index >= 15 is 0 Å². The zero-order valence-electron chi connectivity index (χ0n) is 41.6. The molecule has 384 valence electrons. The van der Waals surface area contributed by atoms with Crippen molar-refractivity contribution in [2.75, 3.05) is 44.2 Å². The number of nitrogens with zero attached hydrogens (tertiary/aromatic N) is 2. The second kappa shape index (κ2) is 22.4. The lowest BCUT2D eigenvalue weighted by Crippen LogP contribution is -2.43. The highest BCUT2D eigenvalue weighted by molar-refractivity contribution is 6.10. The van der Waals surface area contributed by atoms with Gasteiger partial charge in [0.25, 0.3) is 11.8 Å². The first-order valence-electron chi connectivity index (χ1n) is 24.9. The van der Waals surface area contributed by atoms with Gasteiger partial charge in [-0.2, -0.15) is 0 Å². The molecular formula is C57H59N5O12. The Morgan fingerprint density at radius 2 is 1.19 bits per heavy atom. The number of nitrogens with one attached hydrogen (secondary N) is 3. The lowest BCUT2D eigenvalue weighted by atomic mass is 9.97. The number of ether oxygens (including phenoxy) is 4. The van der Waals surface area contributed by atoms with Gasteiger partial charge in [-0.05, 0) is 114 Å². The summed E-state index contributed by atoms with van der Waals surface area (Å²) < 4.78 is 24.4. The number of hydrogen-bond donors (Lipinski definition) is 4. The van der Waals surface area contributed by atoms with Crippen molar-refractivity contribution in [3.8, 4) is 23.0 Å². The van der Waals surface area contributed by atoms with Gasteiger partial charge in [0.2, 0.25) is 17.7 Å². The van der Waals surface area contributed by atoms with Crippen LogP contribution in [0.25, 0.3) is 0 Å². The van der Waals surface area contributed by atoms with Crippen LogP contribution in [0.4, 0.5) is 11.4 Å². The van der Waals surface area contributed by atoms with Crippen LogP contribution in [0.15, 0.2) is 91.0 Å². The molecule has 5 aromatic rings. The molecule has 3 atom stereocenters. The number of ketones is 2. The third kappa shape index (κ3) is 11.0. The number of Topliss-reactive ketones (excluding diaryl/α,β-unsaturated/α-hetero) is 2. The van der Waals surface area contributed by atoms with Gasteiger partial charge in [-0.1, -0.05) is 36.4 Å². The van der Waals surface area contributed by atoms with Crippen LogP contribution in [0.1, 0.15) is 103 Å². The molecule has 0 radical (unpaired) electrons. The second-order valence-electron chi connectivity index (χ2n) is 19.0. The minimum absolute atomic E-state index is 0.0169. The molecular weight excluding hydrogens is 947 g/mol. The number of carbonyl (C=O) groups excluding carboxylic acids is 7. The number of hydrogen-bond acceptors (Lipinski definition) is 12. The summed E-state index contributed by atoms with van der Waals surface area (Å²) in [5.74, 6) is -0.788. The third-order valence-corrected chi connectivity index (χ3v) is 14.2. The van der Waals surface area contributed by atoms with Gasteiger partial charge >= 0.3 is 0 Å². The number of fused-ring (bicyclic) bond motifs is 8. The van der Waals surface area contributed by atoms with E-state index < -0.39 is 24.0 Å². The van der Waals surface area contributed by atoms with Crippen molar-refractivity contribution in [1.29, 1.82) is 0 Å². The lowest BCUT2D eigenvalue weighted by Gasteiger charge is -2.26. The highest BCUT2D eigenvalue weighted by Gasteiger charge is 2.42. The van der Waals surface area contributed by atoms with Crippen molar-refractivity contribution in [3.05, 3.63) is 141 Å². The van der Waals surface area contributed by atoms with Crippen molar-refractivity contribution in [3.63, 3.8) is 0 Å². The van der Waals surface area contributed by atoms with Crippen molar-refractivity contribution in [2.45, 2.75) is 95.6 Å². The standard InChI is InChI=1S/C57H59N5O12/c1-58-53(66)18-19-59-54(67)16-14-41(63)30-60-55(68)17-15-47(64)39-21-33(31-73-51-26-35-12-13-40-23-36-8-4-6-10-44(36)61(40)56(69)42(35)28-49(51)71-2)20-34(22-39)32-74-52-27-38-25-48(65)46-24-37-9-5-7-11-45(37)62(46)57(70)43(38)29-50(52)72-3/h4-11,20-22,26-29,40,46,48,65H,12-19,23-25,30-32H2,1-3H3,(H,58,66)(H,59,67)(H,60,68)/t40-,46+,48?/m1/s1. The number of aliphatic hydroxyl groups is 1. The van der Waals surface area contributed by atoms with E-state index in [4.69, 9.17) is 18.9 Å². The predicted molar refractivity (Wildman–Crippen MR) is 273 cm³/mol. The Kier molecular flexibility index (Phi) is 15.4. The Morgan fingerprint density at radius 1 is 0.608 bits per heavy atom. The monoisotopic (exact) mass is 1010 g/mol. The largest absolute Gasteiger partial charge is 0.493 e. The molecule has 4 N–H and O–H groups in total. The first-order chi connectivity index (χ1) is 35.8. The van der Waals surface area contributed by atoms with E-state index in [1.165, 1.54) is 21.3 Å². The molecule has 9 rings (SSSR count). The van der Waals surface area contributed by atoms with E-state index in [0.717, 1.165) is 40.9 Å². The topological polar surface area (TPSA) is 219 Å². The van der Waals surface area contributed by atoms with Crippen LogP contribution in [0, 0.1) is 0 Å². The molecule has 5 amide bonds. The smallest absolute Gasteiger partial charge is 0.259 e. The van der Waals surface area contributed by atoms with E-state index in [-0.39, 0.29) is 106 Å². The maximum atomic E-state index is 14.2. The summed E-state index contributed by atoms with van der Waals surface area (Å²) in [6.07, 6.45) is 1.58. The van der Waals surface area contributed by atoms with Gasteiger partial charge in [0.1, 0.15) is 13.2 Å². The number of aryl methyl sites for hydroxylation is 1. The molecule has 0 aromatic heterocycles. The zero-order valence-corrected chi connectivity index (χ0v) is 41.6. The van der Waals surface area contributed by atoms with Crippen molar-refractivity contribution in [2.24, 2.45) is 0 Å². The highest BCUT2D eigenvalue weighted by atomic mass is 16.5. The fourth-order valence-corrected chi connectivity index (χ4v) is 10.4. The van der Waals surface area contributed by atoms with Gasteiger partial charge < -0.3 is 49.8 Å². The van der Waals surface area contributed by atoms with Gasteiger partial charge in [0.05, 0.1) is 32.9 Å². The first kappa shape index (κ1) is 50.9.